The van der Waals surface area contributed by atoms with Crippen LogP contribution in [0.3, 0.4) is 0 Å². The van der Waals surface area contributed by atoms with Gasteiger partial charge in [-0.3, -0.25) is 9.89 Å². The van der Waals surface area contributed by atoms with Crippen molar-refractivity contribution in [3.8, 4) is 22.4 Å². The first kappa shape index (κ1) is 17.0. The lowest BCUT2D eigenvalue weighted by molar-refractivity contribution is 1.12. The van der Waals surface area contributed by atoms with E-state index in [-0.39, 0.29) is 10.6 Å². The molecule has 0 unspecified atom stereocenters. The first-order valence-corrected chi connectivity index (χ1v) is 9.28. The van der Waals surface area contributed by atoms with Crippen molar-refractivity contribution in [2.45, 2.75) is 0 Å². The molecule has 28 heavy (non-hydrogen) atoms. The third-order valence-corrected chi connectivity index (χ3v) is 5.22. The molecule has 0 aliphatic rings. The predicted molar refractivity (Wildman–Crippen MR) is 113 cm³/mol. The summed E-state index contributed by atoms with van der Waals surface area (Å²) in [5.74, 6) is 0. The van der Waals surface area contributed by atoms with Gasteiger partial charge in [-0.2, -0.15) is 5.10 Å². The fourth-order valence-electron chi connectivity index (χ4n) is 3.31. The number of nitrogens with zero attached hydrogens (tertiary/aromatic N) is 2. The van der Waals surface area contributed by atoms with Crippen LogP contribution in [0.5, 0.6) is 0 Å². The van der Waals surface area contributed by atoms with Crippen LogP contribution in [-0.2, 0) is 0 Å². The van der Waals surface area contributed by atoms with Crippen molar-refractivity contribution in [1.29, 1.82) is 0 Å². The molecule has 0 atom stereocenters. The van der Waals surface area contributed by atoms with Gasteiger partial charge in [0.05, 0.1) is 22.4 Å². The van der Waals surface area contributed by atoms with Crippen molar-refractivity contribution in [2.24, 2.45) is 0 Å². The molecule has 0 spiro atoms. The number of rotatable bonds is 2. The van der Waals surface area contributed by atoms with Crippen LogP contribution >= 0.6 is 23.2 Å². The maximum absolute atomic E-state index is 11.9. The Morgan fingerprint density at radius 2 is 1.68 bits per heavy atom. The summed E-state index contributed by atoms with van der Waals surface area (Å²) in [7, 11) is 0. The van der Waals surface area contributed by atoms with Crippen LogP contribution in [0.1, 0.15) is 0 Å². The summed E-state index contributed by atoms with van der Waals surface area (Å²) in [6, 6.07) is 17.3. The summed E-state index contributed by atoms with van der Waals surface area (Å²) in [6.07, 6.45) is 1.73. The largest absolute Gasteiger partial charge is 0.305 e. The summed E-state index contributed by atoms with van der Waals surface area (Å²) >= 11 is 12.5. The zero-order valence-corrected chi connectivity index (χ0v) is 15.8. The van der Waals surface area contributed by atoms with Crippen LogP contribution in [0.15, 0.2) is 65.6 Å². The van der Waals surface area contributed by atoms with Gasteiger partial charge in [-0.1, -0.05) is 53.5 Å². The Bertz CT molecular complexity index is 1410. The van der Waals surface area contributed by atoms with Gasteiger partial charge in [0, 0.05) is 21.9 Å². The minimum Gasteiger partial charge on any atom is -0.305 e. The highest BCUT2D eigenvalue weighted by molar-refractivity contribution is 6.35. The molecule has 7 heteroatoms. The summed E-state index contributed by atoms with van der Waals surface area (Å²) in [6.45, 7) is 0. The lowest BCUT2D eigenvalue weighted by atomic mass is 9.97. The van der Waals surface area contributed by atoms with Crippen molar-refractivity contribution < 1.29 is 0 Å². The lowest BCUT2D eigenvalue weighted by Gasteiger charge is -2.12. The number of halogens is 2. The van der Waals surface area contributed by atoms with Gasteiger partial charge in [0.25, 0.3) is 5.56 Å². The monoisotopic (exact) mass is 406 g/mol. The van der Waals surface area contributed by atoms with Crippen molar-refractivity contribution in [3.63, 3.8) is 0 Å². The quantitative estimate of drug-likeness (QED) is 0.409. The van der Waals surface area contributed by atoms with Gasteiger partial charge < -0.3 is 4.98 Å². The zero-order valence-electron chi connectivity index (χ0n) is 14.3. The maximum atomic E-state index is 11.9. The van der Waals surface area contributed by atoms with E-state index in [2.05, 4.69) is 15.2 Å². The first-order valence-electron chi connectivity index (χ1n) is 8.52. The Kier molecular flexibility index (Phi) is 3.93. The highest BCUT2D eigenvalue weighted by Gasteiger charge is 2.15. The summed E-state index contributed by atoms with van der Waals surface area (Å²) in [5.41, 5.74) is 4.35. The fourth-order valence-corrected chi connectivity index (χ4v) is 3.75. The minimum absolute atomic E-state index is 0.121. The van der Waals surface area contributed by atoms with Crippen LogP contribution in [0.25, 0.3) is 44.3 Å². The Morgan fingerprint density at radius 1 is 0.857 bits per heavy atom. The smallest absolute Gasteiger partial charge is 0.268 e. The van der Waals surface area contributed by atoms with E-state index in [1.807, 2.05) is 48.5 Å². The normalized spacial score (nSPS) is 11.4. The predicted octanol–water partition coefficient (Wildman–Crippen LogP) is 5.44. The second kappa shape index (κ2) is 6.48. The average molecular weight is 407 g/mol. The molecule has 2 aromatic carbocycles. The Morgan fingerprint density at radius 3 is 2.50 bits per heavy atom. The molecule has 0 fully saturated rings. The van der Waals surface area contributed by atoms with Crippen LogP contribution in [-0.4, -0.2) is 20.2 Å². The molecular weight excluding hydrogens is 395 g/mol. The third-order valence-electron chi connectivity index (χ3n) is 4.64. The zero-order chi connectivity index (χ0) is 19.3. The fraction of sp³-hybridized carbons (Fsp3) is 0. The van der Waals surface area contributed by atoms with Crippen molar-refractivity contribution in [1.82, 2.24) is 20.2 Å². The number of hydrogen-bond acceptors (Lipinski definition) is 3. The van der Waals surface area contributed by atoms with Crippen molar-refractivity contribution in [2.75, 3.05) is 0 Å². The molecule has 0 aliphatic heterocycles. The molecule has 0 amide bonds. The third kappa shape index (κ3) is 2.76. The Hall–Kier alpha value is -3.15. The Labute approximate surface area is 169 Å². The molecule has 0 saturated carbocycles. The first-order chi connectivity index (χ1) is 13.6. The molecule has 0 saturated heterocycles. The van der Waals surface area contributed by atoms with Crippen molar-refractivity contribution in [3.05, 3.63) is 81.2 Å². The SMILES string of the molecule is O=c1[nH]c2nc(-c3ccccc3)c(-c3cc(Cl)c4[nH]ncc4c3)cc2cc1Cl. The molecule has 0 aliphatic carbocycles. The Balaban J connectivity index is 1.87. The van der Waals surface area contributed by atoms with E-state index < -0.39 is 0 Å². The number of H-pyrrole nitrogens is 2. The number of aromatic amines is 2. The van der Waals surface area contributed by atoms with Crippen LogP contribution in [0.4, 0.5) is 0 Å². The van der Waals surface area contributed by atoms with E-state index >= 15 is 0 Å². The molecule has 3 heterocycles. The van der Waals surface area contributed by atoms with Crippen LogP contribution < -0.4 is 5.56 Å². The molecule has 2 N–H and O–H groups in total. The molecule has 5 aromatic rings. The molecule has 136 valence electrons. The summed E-state index contributed by atoms with van der Waals surface area (Å²) in [5, 5.41) is 9.30. The molecule has 3 aromatic heterocycles. The van der Waals surface area contributed by atoms with E-state index in [1.165, 1.54) is 0 Å². The summed E-state index contributed by atoms with van der Waals surface area (Å²) < 4.78 is 0. The number of pyridine rings is 2. The molecule has 5 nitrogen and oxygen atoms in total. The van der Waals surface area contributed by atoms with E-state index in [0.717, 1.165) is 38.7 Å². The van der Waals surface area contributed by atoms with E-state index in [0.29, 0.717) is 10.7 Å². The highest BCUT2D eigenvalue weighted by Crippen LogP contribution is 2.36. The number of nitrogens with one attached hydrogen (secondary N) is 2. The molecule has 0 bridgehead atoms. The second-order valence-corrected chi connectivity index (χ2v) is 7.24. The number of benzene rings is 2. The lowest BCUT2D eigenvalue weighted by Crippen LogP contribution is -2.07. The van der Waals surface area contributed by atoms with E-state index in [9.17, 15) is 4.79 Å². The van der Waals surface area contributed by atoms with Gasteiger partial charge in [-0.05, 0) is 29.8 Å². The number of aromatic nitrogens is 4. The van der Waals surface area contributed by atoms with Crippen LogP contribution in [0, 0.1) is 0 Å². The number of fused-ring (bicyclic) bond motifs is 2. The van der Waals surface area contributed by atoms with Gasteiger partial charge in [-0.15, -0.1) is 0 Å². The van der Waals surface area contributed by atoms with Crippen LogP contribution in [0.2, 0.25) is 10.0 Å². The topological polar surface area (TPSA) is 74.4 Å². The van der Waals surface area contributed by atoms with Gasteiger partial charge in [-0.25, -0.2) is 4.98 Å². The molecular formula is C21H12Cl2N4O. The second-order valence-electron chi connectivity index (χ2n) is 6.43. The standard InChI is InChI=1S/C21H12Cl2N4O/c22-16-8-12(6-14-10-24-27-19(14)16)15-7-13-9-17(23)21(28)26-20(13)25-18(15)11-4-2-1-3-5-11/h1-10H,(H,24,27)(H,25,26,28). The van der Waals surface area contributed by atoms with Gasteiger partial charge in [0.2, 0.25) is 0 Å². The average Bonchev–Trinajstić information content (AvgIpc) is 3.18. The maximum Gasteiger partial charge on any atom is 0.268 e. The van der Waals surface area contributed by atoms with Gasteiger partial charge in [0.1, 0.15) is 10.7 Å². The number of hydrogen-bond donors (Lipinski definition) is 2. The van der Waals surface area contributed by atoms with Gasteiger partial charge in [0.15, 0.2) is 0 Å². The van der Waals surface area contributed by atoms with Crippen molar-refractivity contribution >= 4 is 45.1 Å². The van der Waals surface area contributed by atoms with Gasteiger partial charge >= 0.3 is 0 Å². The van der Waals surface area contributed by atoms with E-state index in [1.54, 1.807) is 12.3 Å². The molecule has 5 rings (SSSR count). The minimum atomic E-state index is -0.365. The van der Waals surface area contributed by atoms with E-state index in [4.69, 9.17) is 28.2 Å². The highest BCUT2D eigenvalue weighted by atomic mass is 35.5. The summed E-state index contributed by atoms with van der Waals surface area (Å²) in [4.78, 5) is 19.4. The molecule has 0 radical (unpaired) electrons.